The van der Waals surface area contributed by atoms with E-state index < -0.39 is 0 Å². The molecule has 0 amide bonds. The van der Waals surface area contributed by atoms with Crippen molar-refractivity contribution in [3.8, 4) is 28.9 Å². The van der Waals surface area contributed by atoms with Crippen LogP contribution in [0.2, 0.25) is 0 Å². The second-order valence-electron chi connectivity index (χ2n) is 5.67. The summed E-state index contributed by atoms with van der Waals surface area (Å²) < 4.78 is 11.7. The van der Waals surface area contributed by atoms with Gasteiger partial charge < -0.3 is 14.9 Å². The first kappa shape index (κ1) is 14.9. The van der Waals surface area contributed by atoms with E-state index in [0.29, 0.717) is 11.3 Å². The first-order chi connectivity index (χ1) is 12.2. The molecule has 4 rings (SSSR count). The molecule has 4 heteroatoms. The topological polar surface area (TPSA) is 72.2 Å². The number of furan rings is 1. The van der Waals surface area contributed by atoms with Crippen molar-refractivity contribution in [1.29, 1.82) is 5.26 Å². The number of hydrogen-bond donors (Lipinski definition) is 1. The van der Waals surface area contributed by atoms with E-state index in [2.05, 4.69) is 6.07 Å². The van der Waals surface area contributed by atoms with Gasteiger partial charge in [0.25, 0.3) is 0 Å². The van der Waals surface area contributed by atoms with E-state index in [4.69, 9.17) is 20.1 Å². The Kier molecular flexibility index (Phi) is 3.60. The molecule has 0 aliphatic rings. The van der Waals surface area contributed by atoms with Crippen molar-refractivity contribution in [3.05, 3.63) is 78.4 Å². The zero-order valence-corrected chi connectivity index (χ0v) is 13.3. The quantitative estimate of drug-likeness (QED) is 0.515. The van der Waals surface area contributed by atoms with Gasteiger partial charge in [0.1, 0.15) is 22.8 Å². The smallest absolute Gasteiger partial charge is 0.135 e. The maximum absolute atomic E-state index is 8.99. The number of nitrogens with two attached hydrogens (primary N) is 1. The van der Waals surface area contributed by atoms with Gasteiger partial charge in [-0.05, 0) is 72.8 Å². The maximum atomic E-state index is 8.99. The Morgan fingerprint density at radius 2 is 1.52 bits per heavy atom. The summed E-state index contributed by atoms with van der Waals surface area (Å²) in [5.74, 6) is 2.22. The van der Waals surface area contributed by atoms with Crippen molar-refractivity contribution >= 4 is 16.7 Å². The fourth-order valence-corrected chi connectivity index (χ4v) is 2.61. The maximum Gasteiger partial charge on any atom is 0.135 e. The molecule has 0 radical (unpaired) electrons. The van der Waals surface area contributed by atoms with Crippen LogP contribution >= 0.6 is 0 Å². The van der Waals surface area contributed by atoms with E-state index in [9.17, 15) is 0 Å². The molecule has 2 N–H and O–H groups in total. The van der Waals surface area contributed by atoms with Gasteiger partial charge in [0, 0.05) is 16.6 Å². The van der Waals surface area contributed by atoms with Gasteiger partial charge in [-0.2, -0.15) is 5.26 Å². The van der Waals surface area contributed by atoms with Crippen LogP contribution in [0.15, 0.2) is 77.2 Å². The number of nitriles is 1. The first-order valence-corrected chi connectivity index (χ1v) is 7.79. The predicted octanol–water partition coefficient (Wildman–Crippen LogP) is 5.35. The van der Waals surface area contributed by atoms with Gasteiger partial charge in [0.2, 0.25) is 0 Å². The van der Waals surface area contributed by atoms with E-state index in [0.717, 1.165) is 33.8 Å². The molecule has 120 valence electrons. The summed E-state index contributed by atoms with van der Waals surface area (Å²) in [6.45, 7) is 0. The van der Waals surface area contributed by atoms with E-state index in [-0.39, 0.29) is 0 Å². The molecule has 0 unspecified atom stereocenters. The fourth-order valence-electron chi connectivity index (χ4n) is 2.61. The van der Waals surface area contributed by atoms with Gasteiger partial charge in [-0.15, -0.1) is 0 Å². The fraction of sp³-hybridized carbons (Fsp3) is 0. The molecule has 1 aromatic heterocycles. The summed E-state index contributed by atoms with van der Waals surface area (Å²) in [7, 11) is 0. The number of anilines is 1. The number of ether oxygens (including phenoxy) is 1. The van der Waals surface area contributed by atoms with Crippen LogP contribution in [0.3, 0.4) is 0 Å². The summed E-state index contributed by atoms with van der Waals surface area (Å²) in [4.78, 5) is 0. The average molecular weight is 326 g/mol. The van der Waals surface area contributed by atoms with Crippen LogP contribution in [0.5, 0.6) is 11.5 Å². The van der Waals surface area contributed by atoms with Crippen molar-refractivity contribution in [1.82, 2.24) is 0 Å². The van der Waals surface area contributed by atoms with Gasteiger partial charge in [-0.3, -0.25) is 0 Å². The normalized spacial score (nSPS) is 10.5. The summed E-state index contributed by atoms with van der Waals surface area (Å²) >= 11 is 0. The van der Waals surface area contributed by atoms with Gasteiger partial charge >= 0.3 is 0 Å². The predicted molar refractivity (Wildman–Crippen MR) is 97.3 cm³/mol. The molecule has 0 saturated carbocycles. The lowest BCUT2D eigenvalue weighted by Crippen LogP contribution is -1.86. The Balaban J connectivity index is 1.59. The Morgan fingerprint density at radius 1 is 0.840 bits per heavy atom. The van der Waals surface area contributed by atoms with Crippen LogP contribution < -0.4 is 10.5 Å². The monoisotopic (exact) mass is 326 g/mol. The summed E-state index contributed by atoms with van der Waals surface area (Å²) in [5, 5.41) is 9.90. The molecule has 3 aromatic carbocycles. The summed E-state index contributed by atoms with van der Waals surface area (Å²) in [5.41, 5.74) is 8.69. The van der Waals surface area contributed by atoms with E-state index in [1.54, 1.807) is 18.2 Å². The molecule has 1 heterocycles. The van der Waals surface area contributed by atoms with Crippen molar-refractivity contribution in [2.45, 2.75) is 0 Å². The zero-order chi connectivity index (χ0) is 17.2. The Morgan fingerprint density at radius 3 is 2.20 bits per heavy atom. The molecule has 0 atom stereocenters. The van der Waals surface area contributed by atoms with E-state index in [1.807, 2.05) is 54.6 Å². The SMILES string of the molecule is N#Cc1ccc2oc(-c3ccc(Oc4ccc(N)cc4)cc3)cc2c1. The van der Waals surface area contributed by atoms with Gasteiger partial charge in [-0.25, -0.2) is 0 Å². The zero-order valence-electron chi connectivity index (χ0n) is 13.3. The Hall–Kier alpha value is -3.71. The van der Waals surface area contributed by atoms with Gasteiger partial charge in [0.15, 0.2) is 0 Å². The number of rotatable bonds is 3. The number of nitrogens with zero attached hydrogens (tertiary/aromatic N) is 1. The lowest BCUT2D eigenvalue weighted by atomic mass is 10.1. The third kappa shape index (κ3) is 3.04. The minimum atomic E-state index is 0.618. The molecule has 4 aromatic rings. The Labute approximate surface area is 144 Å². The van der Waals surface area contributed by atoms with Crippen LogP contribution in [-0.4, -0.2) is 0 Å². The molecule has 0 fully saturated rings. The van der Waals surface area contributed by atoms with Crippen LogP contribution in [0, 0.1) is 11.3 Å². The molecule has 4 nitrogen and oxygen atoms in total. The van der Waals surface area contributed by atoms with Crippen LogP contribution in [-0.2, 0) is 0 Å². The standard InChI is InChI=1S/C21H14N2O2/c22-13-14-1-10-20-16(11-14)12-21(25-20)15-2-6-18(7-3-15)24-19-8-4-17(23)5-9-19/h1-12H,23H2. The minimum absolute atomic E-state index is 0.618. The van der Waals surface area contributed by atoms with E-state index in [1.165, 1.54) is 0 Å². The van der Waals surface area contributed by atoms with Crippen molar-refractivity contribution in [2.75, 3.05) is 5.73 Å². The molecule has 0 spiro atoms. The van der Waals surface area contributed by atoms with Crippen molar-refractivity contribution in [3.63, 3.8) is 0 Å². The lowest BCUT2D eigenvalue weighted by Gasteiger charge is -2.06. The second-order valence-corrected chi connectivity index (χ2v) is 5.67. The highest BCUT2D eigenvalue weighted by Gasteiger charge is 2.07. The van der Waals surface area contributed by atoms with Gasteiger partial charge in [0.05, 0.1) is 11.6 Å². The number of nitrogen functional groups attached to an aromatic ring is 1. The molecular formula is C21H14N2O2. The average Bonchev–Trinajstić information content (AvgIpc) is 3.07. The van der Waals surface area contributed by atoms with Crippen LogP contribution in [0.4, 0.5) is 5.69 Å². The third-order valence-electron chi connectivity index (χ3n) is 3.90. The largest absolute Gasteiger partial charge is 0.457 e. The molecular weight excluding hydrogens is 312 g/mol. The highest BCUT2D eigenvalue weighted by Crippen LogP contribution is 2.30. The summed E-state index contributed by atoms with van der Waals surface area (Å²) in [6, 6.07) is 24.4. The van der Waals surface area contributed by atoms with Crippen molar-refractivity contribution < 1.29 is 9.15 Å². The molecule has 0 saturated heterocycles. The van der Waals surface area contributed by atoms with Crippen LogP contribution in [0.25, 0.3) is 22.3 Å². The van der Waals surface area contributed by atoms with Crippen LogP contribution in [0.1, 0.15) is 5.56 Å². The number of fused-ring (bicyclic) bond motifs is 1. The number of benzene rings is 3. The second kappa shape index (κ2) is 6.06. The van der Waals surface area contributed by atoms with Gasteiger partial charge in [-0.1, -0.05) is 0 Å². The van der Waals surface area contributed by atoms with E-state index >= 15 is 0 Å². The minimum Gasteiger partial charge on any atom is -0.457 e. The molecule has 0 bridgehead atoms. The van der Waals surface area contributed by atoms with Crippen molar-refractivity contribution in [2.24, 2.45) is 0 Å². The summed E-state index contributed by atoms with van der Waals surface area (Å²) in [6.07, 6.45) is 0. The molecule has 0 aliphatic heterocycles. The third-order valence-corrected chi connectivity index (χ3v) is 3.90. The molecule has 0 aliphatic carbocycles. The lowest BCUT2D eigenvalue weighted by molar-refractivity contribution is 0.483. The molecule has 25 heavy (non-hydrogen) atoms. The number of hydrogen-bond acceptors (Lipinski definition) is 4. The first-order valence-electron chi connectivity index (χ1n) is 7.79. The highest BCUT2D eigenvalue weighted by atomic mass is 16.5. The Bertz CT molecular complexity index is 1070. The highest BCUT2D eigenvalue weighted by molar-refractivity contribution is 5.84.